The van der Waals surface area contributed by atoms with E-state index in [0.29, 0.717) is 5.92 Å². The lowest BCUT2D eigenvalue weighted by Crippen LogP contribution is -2.30. The fourth-order valence-electron chi connectivity index (χ4n) is 3.05. The van der Waals surface area contributed by atoms with Gasteiger partial charge in [0.2, 0.25) is 0 Å². The van der Waals surface area contributed by atoms with Gasteiger partial charge in [-0.15, -0.1) is 11.3 Å². The van der Waals surface area contributed by atoms with Crippen LogP contribution < -0.4 is 5.32 Å². The number of nitrogens with one attached hydrogen (secondary N) is 1. The molecule has 116 valence electrons. The van der Waals surface area contributed by atoms with Crippen LogP contribution in [0.15, 0.2) is 35.7 Å². The van der Waals surface area contributed by atoms with Crippen molar-refractivity contribution in [1.29, 1.82) is 0 Å². The summed E-state index contributed by atoms with van der Waals surface area (Å²) in [6.45, 7) is 4.80. The Balaban J connectivity index is 1.80. The molecule has 1 aromatic heterocycles. The molecular weight excluding hydrogens is 292 g/mol. The summed E-state index contributed by atoms with van der Waals surface area (Å²) in [6.07, 6.45) is 1.10. The second-order valence-corrected chi connectivity index (χ2v) is 6.91. The number of amides is 1. The molecule has 2 aromatic rings. The van der Waals surface area contributed by atoms with Gasteiger partial charge in [-0.05, 0) is 49.9 Å². The minimum Gasteiger partial charge on any atom is -0.338 e. The van der Waals surface area contributed by atoms with E-state index in [-0.39, 0.29) is 5.91 Å². The van der Waals surface area contributed by atoms with Gasteiger partial charge in [0.05, 0.1) is 4.88 Å². The fourth-order valence-corrected chi connectivity index (χ4v) is 3.93. The maximum atomic E-state index is 12.8. The SMILES string of the molecule is CNCC1CCN(C(=O)c2sccc2-c2ccc(C)cc2)C1. The molecule has 1 aliphatic heterocycles. The number of carbonyl (C=O) groups is 1. The van der Waals surface area contributed by atoms with Crippen molar-refractivity contribution in [2.24, 2.45) is 5.92 Å². The zero-order valence-corrected chi connectivity index (χ0v) is 14.0. The van der Waals surface area contributed by atoms with Gasteiger partial charge in [0.15, 0.2) is 0 Å². The van der Waals surface area contributed by atoms with E-state index in [1.165, 1.54) is 5.56 Å². The average Bonchev–Trinajstić information content (AvgIpc) is 3.17. The van der Waals surface area contributed by atoms with Crippen molar-refractivity contribution in [2.45, 2.75) is 13.3 Å². The Hall–Kier alpha value is -1.65. The van der Waals surface area contributed by atoms with Crippen LogP contribution in [0.25, 0.3) is 11.1 Å². The Labute approximate surface area is 136 Å². The summed E-state index contributed by atoms with van der Waals surface area (Å²) in [7, 11) is 1.97. The highest BCUT2D eigenvalue weighted by Gasteiger charge is 2.28. The maximum absolute atomic E-state index is 12.8. The van der Waals surface area contributed by atoms with Crippen LogP contribution in [0.4, 0.5) is 0 Å². The van der Waals surface area contributed by atoms with Crippen LogP contribution in [-0.4, -0.2) is 37.5 Å². The van der Waals surface area contributed by atoms with Gasteiger partial charge in [0.25, 0.3) is 5.91 Å². The molecule has 3 nitrogen and oxygen atoms in total. The van der Waals surface area contributed by atoms with E-state index in [1.54, 1.807) is 11.3 Å². The third-order valence-electron chi connectivity index (χ3n) is 4.29. The standard InChI is InChI=1S/C18H22N2OS/c1-13-3-5-15(6-4-13)16-8-10-22-17(16)18(21)20-9-7-14(12-20)11-19-2/h3-6,8,10,14,19H,7,9,11-12H2,1-2H3. The zero-order valence-electron chi connectivity index (χ0n) is 13.1. The largest absolute Gasteiger partial charge is 0.338 e. The van der Waals surface area contributed by atoms with Crippen molar-refractivity contribution in [1.82, 2.24) is 10.2 Å². The van der Waals surface area contributed by atoms with E-state index in [0.717, 1.165) is 42.1 Å². The first kappa shape index (κ1) is 15.3. The first-order valence-corrected chi connectivity index (χ1v) is 8.65. The number of thiophene rings is 1. The van der Waals surface area contributed by atoms with Gasteiger partial charge in [-0.3, -0.25) is 4.79 Å². The van der Waals surface area contributed by atoms with Crippen molar-refractivity contribution in [2.75, 3.05) is 26.7 Å². The molecule has 1 aliphatic rings. The maximum Gasteiger partial charge on any atom is 0.264 e. The van der Waals surface area contributed by atoms with Crippen molar-refractivity contribution >= 4 is 17.2 Å². The Kier molecular flexibility index (Phi) is 4.60. The van der Waals surface area contributed by atoms with Gasteiger partial charge < -0.3 is 10.2 Å². The fraction of sp³-hybridized carbons (Fsp3) is 0.389. The van der Waals surface area contributed by atoms with Crippen LogP contribution in [0.1, 0.15) is 21.7 Å². The van der Waals surface area contributed by atoms with Gasteiger partial charge in [-0.1, -0.05) is 29.8 Å². The lowest BCUT2D eigenvalue weighted by molar-refractivity contribution is 0.0792. The molecule has 1 amide bonds. The highest BCUT2D eigenvalue weighted by Crippen LogP contribution is 2.31. The first-order chi connectivity index (χ1) is 10.7. The quantitative estimate of drug-likeness (QED) is 0.938. The van der Waals surface area contributed by atoms with Gasteiger partial charge in [-0.25, -0.2) is 0 Å². The number of aryl methyl sites for hydroxylation is 1. The predicted molar refractivity (Wildman–Crippen MR) is 92.4 cm³/mol. The van der Waals surface area contributed by atoms with Crippen LogP contribution in [0.5, 0.6) is 0 Å². The third kappa shape index (κ3) is 3.08. The zero-order chi connectivity index (χ0) is 15.5. The summed E-state index contributed by atoms with van der Waals surface area (Å²) in [5, 5.41) is 5.23. The van der Waals surface area contributed by atoms with Crippen molar-refractivity contribution in [3.8, 4) is 11.1 Å². The molecule has 0 radical (unpaired) electrons. The number of likely N-dealkylation sites (tertiary alicyclic amines) is 1. The molecule has 1 fully saturated rings. The molecule has 1 unspecified atom stereocenters. The van der Waals surface area contributed by atoms with Gasteiger partial charge in [0, 0.05) is 18.7 Å². The number of hydrogen-bond acceptors (Lipinski definition) is 3. The molecular formula is C18H22N2OS. The second kappa shape index (κ2) is 6.63. The molecule has 1 atom stereocenters. The Bertz CT molecular complexity index is 647. The van der Waals surface area contributed by atoms with E-state index < -0.39 is 0 Å². The summed E-state index contributed by atoms with van der Waals surface area (Å²) in [5.74, 6) is 0.765. The van der Waals surface area contributed by atoms with Crippen LogP contribution in [0, 0.1) is 12.8 Å². The lowest BCUT2D eigenvalue weighted by atomic mass is 10.0. The number of benzene rings is 1. The molecule has 0 bridgehead atoms. The molecule has 0 spiro atoms. The third-order valence-corrected chi connectivity index (χ3v) is 5.19. The topological polar surface area (TPSA) is 32.3 Å². The first-order valence-electron chi connectivity index (χ1n) is 7.77. The smallest absolute Gasteiger partial charge is 0.264 e. The van der Waals surface area contributed by atoms with E-state index in [4.69, 9.17) is 0 Å². The number of rotatable bonds is 4. The predicted octanol–water partition coefficient (Wildman–Crippen LogP) is 3.41. The molecule has 2 heterocycles. The summed E-state index contributed by atoms with van der Waals surface area (Å²) in [6, 6.07) is 10.5. The second-order valence-electron chi connectivity index (χ2n) is 5.99. The molecule has 0 saturated carbocycles. The van der Waals surface area contributed by atoms with Gasteiger partial charge in [0.1, 0.15) is 0 Å². The summed E-state index contributed by atoms with van der Waals surface area (Å²) in [5.41, 5.74) is 3.43. The summed E-state index contributed by atoms with van der Waals surface area (Å²) in [4.78, 5) is 15.7. The Morgan fingerprint density at radius 1 is 1.32 bits per heavy atom. The lowest BCUT2D eigenvalue weighted by Gasteiger charge is -2.17. The molecule has 0 aliphatic carbocycles. The van der Waals surface area contributed by atoms with Crippen LogP contribution in [0.3, 0.4) is 0 Å². The molecule has 1 N–H and O–H groups in total. The minimum atomic E-state index is 0.184. The molecule has 1 saturated heterocycles. The van der Waals surface area contributed by atoms with E-state index in [1.807, 2.05) is 17.3 Å². The normalized spacial score (nSPS) is 17.9. The minimum absolute atomic E-state index is 0.184. The van der Waals surface area contributed by atoms with Crippen LogP contribution in [0.2, 0.25) is 0 Å². The Morgan fingerprint density at radius 3 is 2.82 bits per heavy atom. The van der Waals surface area contributed by atoms with Crippen LogP contribution in [-0.2, 0) is 0 Å². The molecule has 22 heavy (non-hydrogen) atoms. The average molecular weight is 314 g/mol. The summed E-state index contributed by atoms with van der Waals surface area (Å²) >= 11 is 1.55. The van der Waals surface area contributed by atoms with Crippen molar-refractivity contribution < 1.29 is 4.79 Å². The van der Waals surface area contributed by atoms with E-state index in [2.05, 4.69) is 42.6 Å². The molecule has 4 heteroatoms. The molecule has 3 rings (SSSR count). The number of carbonyl (C=O) groups excluding carboxylic acids is 1. The molecule has 1 aromatic carbocycles. The monoisotopic (exact) mass is 314 g/mol. The van der Waals surface area contributed by atoms with Crippen molar-refractivity contribution in [3.63, 3.8) is 0 Å². The number of hydrogen-bond donors (Lipinski definition) is 1. The van der Waals surface area contributed by atoms with Crippen LogP contribution >= 0.6 is 11.3 Å². The van der Waals surface area contributed by atoms with Gasteiger partial charge in [-0.2, -0.15) is 0 Å². The summed E-state index contributed by atoms with van der Waals surface area (Å²) < 4.78 is 0. The highest BCUT2D eigenvalue weighted by molar-refractivity contribution is 7.12. The van der Waals surface area contributed by atoms with Crippen molar-refractivity contribution in [3.05, 3.63) is 46.2 Å². The number of nitrogens with zero attached hydrogens (tertiary/aromatic N) is 1. The van der Waals surface area contributed by atoms with E-state index in [9.17, 15) is 4.79 Å². The van der Waals surface area contributed by atoms with E-state index >= 15 is 0 Å². The Morgan fingerprint density at radius 2 is 2.09 bits per heavy atom. The highest BCUT2D eigenvalue weighted by atomic mass is 32.1. The van der Waals surface area contributed by atoms with Gasteiger partial charge >= 0.3 is 0 Å².